The minimum Gasteiger partial charge on any atom is -0.350 e. The summed E-state index contributed by atoms with van der Waals surface area (Å²) in [5.74, 6) is 0.0317. The topological polar surface area (TPSA) is 42.0 Å². The average Bonchev–Trinajstić information content (AvgIpc) is 2.70. The summed E-state index contributed by atoms with van der Waals surface area (Å²) < 4.78 is 0.833. The van der Waals surface area contributed by atoms with Crippen molar-refractivity contribution >= 4 is 45.0 Å². The molecule has 2 unspecified atom stereocenters. The molecule has 0 aliphatic heterocycles. The Morgan fingerprint density at radius 2 is 1.54 bits per heavy atom. The van der Waals surface area contributed by atoms with Gasteiger partial charge in [-0.25, -0.2) is 4.98 Å². The van der Waals surface area contributed by atoms with E-state index in [9.17, 15) is 4.79 Å². The number of carbonyl (C=O) groups excluding carboxylic acids is 1. The summed E-state index contributed by atoms with van der Waals surface area (Å²) in [6, 6.07) is 19.1. The molecule has 144 valence electrons. The van der Waals surface area contributed by atoms with Gasteiger partial charge in [0.05, 0.1) is 0 Å². The summed E-state index contributed by atoms with van der Waals surface area (Å²) in [5, 5.41) is 4.41. The number of amides is 1. The highest BCUT2D eigenvalue weighted by molar-refractivity contribution is 9.10. The largest absolute Gasteiger partial charge is 0.350 e. The van der Waals surface area contributed by atoms with Crippen molar-refractivity contribution in [3.8, 4) is 0 Å². The molecule has 0 saturated carbocycles. The van der Waals surface area contributed by atoms with Gasteiger partial charge >= 0.3 is 0 Å². The van der Waals surface area contributed by atoms with Crippen LogP contribution in [0, 0.1) is 0 Å². The van der Waals surface area contributed by atoms with Crippen molar-refractivity contribution in [1.29, 1.82) is 0 Å². The van der Waals surface area contributed by atoms with Gasteiger partial charge in [-0.1, -0.05) is 54.4 Å². The number of aromatic nitrogens is 1. The maximum atomic E-state index is 12.5. The van der Waals surface area contributed by atoms with Crippen molar-refractivity contribution in [3.05, 3.63) is 98.2 Å². The standard InChI is InChI=1S/C22H19BrCl2N2O/c1-14(15-2-7-18(24)8-3-15)20(16-4-9-19(25)10-5-16)13-27-22(28)21-11-6-17(23)12-26-21/h2-12,14,20H,13H2,1H3,(H,27,28). The Bertz CT molecular complexity index is 928. The molecule has 2 aromatic carbocycles. The first-order valence-electron chi connectivity index (χ1n) is 8.84. The van der Waals surface area contributed by atoms with E-state index in [2.05, 4.69) is 33.2 Å². The molecule has 2 atom stereocenters. The Morgan fingerprint density at radius 3 is 2.07 bits per heavy atom. The minimum atomic E-state index is -0.199. The van der Waals surface area contributed by atoms with Gasteiger partial charge in [0.1, 0.15) is 5.69 Å². The van der Waals surface area contributed by atoms with Crippen LogP contribution in [0.25, 0.3) is 0 Å². The van der Waals surface area contributed by atoms with Crippen LogP contribution in [0.3, 0.4) is 0 Å². The summed E-state index contributed by atoms with van der Waals surface area (Å²) in [5.41, 5.74) is 2.65. The number of hydrogen-bond acceptors (Lipinski definition) is 2. The van der Waals surface area contributed by atoms with Gasteiger partial charge in [-0.15, -0.1) is 0 Å². The predicted octanol–water partition coefficient (Wildman–Crippen LogP) is 6.47. The molecule has 1 aromatic heterocycles. The van der Waals surface area contributed by atoms with Crippen LogP contribution < -0.4 is 5.32 Å². The quantitative estimate of drug-likeness (QED) is 0.442. The molecule has 0 fully saturated rings. The van der Waals surface area contributed by atoms with E-state index in [0.29, 0.717) is 22.3 Å². The maximum Gasteiger partial charge on any atom is 0.269 e. The van der Waals surface area contributed by atoms with E-state index < -0.39 is 0 Å². The lowest BCUT2D eigenvalue weighted by atomic mass is 9.82. The smallest absolute Gasteiger partial charge is 0.269 e. The van der Waals surface area contributed by atoms with Crippen molar-refractivity contribution in [2.45, 2.75) is 18.8 Å². The van der Waals surface area contributed by atoms with Crippen LogP contribution in [0.1, 0.15) is 40.4 Å². The highest BCUT2D eigenvalue weighted by Gasteiger charge is 2.22. The van der Waals surface area contributed by atoms with Gasteiger partial charge in [0, 0.05) is 33.2 Å². The molecule has 3 nitrogen and oxygen atoms in total. The van der Waals surface area contributed by atoms with Crippen LogP contribution in [0.15, 0.2) is 71.3 Å². The number of nitrogens with zero attached hydrogens (tertiary/aromatic N) is 1. The van der Waals surface area contributed by atoms with Gasteiger partial charge in [0.2, 0.25) is 0 Å². The van der Waals surface area contributed by atoms with E-state index in [1.165, 1.54) is 0 Å². The van der Waals surface area contributed by atoms with Gasteiger partial charge in [0.15, 0.2) is 0 Å². The molecule has 0 radical (unpaired) electrons. The highest BCUT2D eigenvalue weighted by atomic mass is 79.9. The lowest BCUT2D eigenvalue weighted by molar-refractivity contribution is 0.0945. The van der Waals surface area contributed by atoms with E-state index in [0.717, 1.165) is 15.6 Å². The van der Waals surface area contributed by atoms with Crippen LogP contribution in [0.4, 0.5) is 0 Å². The summed E-state index contributed by atoms with van der Waals surface area (Å²) in [6.45, 7) is 2.62. The van der Waals surface area contributed by atoms with Crippen molar-refractivity contribution < 1.29 is 4.79 Å². The molecule has 0 aliphatic carbocycles. The molecular formula is C22H19BrCl2N2O. The average molecular weight is 478 g/mol. The number of hydrogen-bond donors (Lipinski definition) is 1. The van der Waals surface area contributed by atoms with E-state index in [-0.39, 0.29) is 17.7 Å². The lowest BCUT2D eigenvalue weighted by Gasteiger charge is -2.25. The normalized spacial score (nSPS) is 13.0. The van der Waals surface area contributed by atoms with Crippen molar-refractivity contribution in [1.82, 2.24) is 10.3 Å². The number of nitrogens with one attached hydrogen (secondary N) is 1. The van der Waals surface area contributed by atoms with Crippen LogP contribution in [-0.2, 0) is 0 Å². The van der Waals surface area contributed by atoms with Crippen LogP contribution >= 0.6 is 39.1 Å². The summed E-state index contributed by atoms with van der Waals surface area (Å²) >= 11 is 15.4. The fourth-order valence-electron chi connectivity index (χ4n) is 3.10. The SMILES string of the molecule is CC(c1ccc(Cl)cc1)C(CNC(=O)c1ccc(Br)cn1)c1ccc(Cl)cc1. The second-order valence-corrected chi connectivity index (χ2v) is 8.36. The molecule has 1 amide bonds. The molecule has 3 aromatic rings. The van der Waals surface area contributed by atoms with Crippen molar-refractivity contribution in [3.63, 3.8) is 0 Å². The monoisotopic (exact) mass is 476 g/mol. The van der Waals surface area contributed by atoms with Gasteiger partial charge in [-0.3, -0.25) is 4.79 Å². The second kappa shape index (κ2) is 9.55. The Morgan fingerprint density at radius 1 is 0.964 bits per heavy atom. The zero-order valence-electron chi connectivity index (χ0n) is 15.2. The molecule has 1 N–H and O–H groups in total. The Labute approximate surface area is 183 Å². The summed E-state index contributed by atoms with van der Waals surface area (Å²) in [6.07, 6.45) is 1.61. The zero-order chi connectivity index (χ0) is 20.1. The Kier molecular flexibility index (Phi) is 7.11. The van der Waals surface area contributed by atoms with Crippen molar-refractivity contribution in [2.24, 2.45) is 0 Å². The third-order valence-corrected chi connectivity index (χ3v) is 5.71. The van der Waals surface area contributed by atoms with Crippen molar-refractivity contribution in [2.75, 3.05) is 6.54 Å². The maximum absolute atomic E-state index is 12.5. The first-order chi connectivity index (χ1) is 13.4. The van der Waals surface area contributed by atoms with Crippen LogP contribution in [-0.4, -0.2) is 17.4 Å². The lowest BCUT2D eigenvalue weighted by Crippen LogP contribution is -2.31. The number of rotatable bonds is 6. The molecule has 6 heteroatoms. The van der Waals surface area contributed by atoms with E-state index in [1.807, 2.05) is 48.5 Å². The van der Waals surface area contributed by atoms with Crippen LogP contribution in [0.2, 0.25) is 10.0 Å². The van der Waals surface area contributed by atoms with Gasteiger partial charge in [-0.2, -0.15) is 0 Å². The van der Waals surface area contributed by atoms with E-state index in [1.54, 1.807) is 18.3 Å². The van der Waals surface area contributed by atoms with Crippen LogP contribution in [0.5, 0.6) is 0 Å². The molecule has 0 spiro atoms. The van der Waals surface area contributed by atoms with Gasteiger partial charge in [-0.05, 0) is 69.4 Å². The van der Waals surface area contributed by atoms with E-state index >= 15 is 0 Å². The van der Waals surface area contributed by atoms with Gasteiger partial charge in [0.25, 0.3) is 5.91 Å². The minimum absolute atomic E-state index is 0.0674. The third kappa shape index (κ3) is 5.34. The summed E-state index contributed by atoms with van der Waals surface area (Å²) in [7, 11) is 0. The van der Waals surface area contributed by atoms with E-state index in [4.69, 9.17) is 23.2 Å². The first-order valence-corrected chi connectivity index (χ1v) is 10.4. The number of benzene rings is 2. The van der Waals surface area contributed by atoms with Gasteiger partial charge < -0.3 is 5.32 Å². The highest BCUT2D eigenvalue weighted by Crippen LogP contribution is 2.33. The second-order valence-electron chi connectivity index (χ2n) is 6.57. The molecule has 0 aliphatic rings. The fourth-order valence-corrected chi connectivity index (χ4v) is 3.58. The molecule has 0 saturated heterocycles. The molecule has 3 rings (SSSR count). The molecular weight excluding hydrogens is 459 g/mol. The zero-order valence-corrected chi connectivity index (χ0v) is 18.3. The predicted molar refractivity (Wildman–Crippen MR) is 118 cm³/mol. The summed E-state index contributed by atoms with van der Waals surface area (Å²) in [4.78, 5) is 16.7. The molecule has 28 heavy (non-hydrogen) atoms. The first kappa shape index (κ1) is 20.8. The molecule has 0 bridgehead atoms. The Hall–Kier alpha value is -1.88. The third-order valence-electron chi connectivity index (χ3n) is 4.74. The fraction of sp³-hybridized carbons (Fsp3) is 0.182. The number of carbonyl (C=O) groups is 1. The number of pyridine rings is 1. The molecule has 1 heterocycles. The Balaban J connectivity index is 1.81. The number of halogens is 3.